The monoisotopic (exact) mass is 331 g/mol. The molecule has 0 saturated carbocycles. The van der Waals surface area contributed by atoms with Gasteiger partial charge < -0.3 is 9.40 Å². The number of imidazole rings is 1. The quantitative estimate of drug-likeness (QED) is 0.610. The lowest BCUT2D eigenvalue weighted by Gasteiger charge is -2.10. The smallest absolute Gasteiger partial charge is 0.190 e. The van der Waals surface area contributed by atoms with E-state index in [4.69, 9.17) is 10.2 Å². The highest BCUT2D eigenvalue weighted by atomic mass is 16.7. The first kappa shape index (κ1) is 15.1. The lowest BCUT2D eigenvalue weighted by atomic mass is 10.2. The molecular formula is C19H17N5O. The van der Waals surface area contributed by atoms with Gasteiger partial charge in [-0.25, -0.2) is 9.97 Å². The van der Waals surface area contributed by atoms with E-state index in [1.807, 2.05) is 65.2 Å². The second-order valence-corrected chi connectivity index (χ2v) is 5.71. The van der Waals surface area contributed by atoms with Crippen molar-refractivity contribution in [3.63, 3.8) is 0 Å². The summed E-state index contributed by atoms with van der Waals surface area (Å²) in [4.78, 5) is 14.3. The molecule has 6 heteroatoms. The molecule has 25 heavy (non-hydrogen) atoms. The summed E-state index contributed by atoms with van der Waals surface area (Å²) in [6, 6.07) is 19.9. The summed E-state index contributed by atoms with van der Waals surface area (Å²) >= 11 is 0. The normalized spacial score (nSPS) is 10.9. The van der Waals surface area contributed by atoms with Crippen molar-refractivity contribution in [1.82, 2.24) is 19.3 Å². The zero-order valence-corrected chi connectivity index (χ0v) is 13.5. The van der Waals surface area contributed by atoms with Gasteiger partial charge in [0.05, 0.1) is 6.33 Å². The molecular weight excluding hydrogens is 314 g/mol. The SMILES string of the molecule is N=c1c2c(ncn1OCc1ccccc1)ncn2Cc1ccccc1. The second kappa shape index (κ2) is 6.60. The first-order valence-corrected chi connectivity index (χ1v) is 7.99. The van der Waals surface area contributed by atoms with Crippen LogP contribution in [0.2, 0.25) is 0 Å². The summed E-state index contributed by atoms with van der Waals surface area (Å²) in [5, 5.41) is 8.47. The summed E-state index contributed by atoms with van der Waals surface area (Å²) < 4.78 is 3.31. The van der Waals surface area contributed by atoms with Gasteiger partial charge >= 0.3 is 0 Å². The highest BCUT2D eigenvalue weighted by molar-refractivity contribution is 5.68. The standard InChI is InChI=1S/C19H17N5O/c20-18-17-19(21-13-23(17)11-15-7-3-1-4-8-15)22-14-24(18)25-12-16-9-5-2-6-10-16/h1-10,13-14,20H,11-12H2. The predicted molar refractivity (Wildman–Crippen MR) is 93.6 cm³/mol. The lowest BCUT2D eigenvalue weighted by Crippen LogP contribution is -2.28. The molecule has 124 valence electrons. The maximum atomic E-state index is 8.47. The predicted octanol–water partition coefficient (Wildman–Crippen LogP) is 2.39. The third-order valence-electron chi connectivity index (χ3n) is 3.96. The lowest BCUT2D eigenvalue weighted by molar-refractivity contribution is 0.0849. The molecule has 4 rings (SSSR count). The highest BCUT2D eigenvalue weighted by Crippen LogP contribution is 2.09. The Morgan fingerprint density at radius 1 is 0.840 bits per heavy atom. The van der Waals surface area contributed by atoms with Gasteiger partial charge in [0.15, 0.2) is 11.1 Å². The van der Waals surface area contributed by atoms with Crippen LogP contribution in [0.25, 0.3) is 11.2 Å². The van der Waals surface area contributed by atoms with E-state index >= 15 is 0 Å². The molecule has 0 amide bonds. The molecule has 0 bridgehead atoms. The molecule has 0 atom stereocenters. The van der Waals surface area contributed by atoms with Crippen molar-refractivity contribution < 1.29 is 4.84 Å². The molecule has 1 N–H and O–H groups in total. The molecule has 0 spiro atoms. The number of fused-ring (bicyclic) bond motifs is 1. The van der Waals surface area contributed by atoms with Crippen LogP contribution in [0, 0.1) is 5.41 Å². The second-order valence-electron chi connectivity index (χ2n) is 5.71. The third-order valence-corrected chi connectivity index (χ3v) is 3.96. The molecule has 0 aliphatic heterocycles. The molecule has 4 aromatic rings. The highest BCUT2D eigenvalue weighted by Gasteiger charge is 2.09. The van der Waals surface area contributed by atoms with Crippen LogP contribution in [0.15, 0.2) is 73.3 Å². The van der Waals surface area contributed by atoms with Crippen LogP contribution in [-0.2, 0) is 13.2 Å². The zero-order chi connectivity index (χ0) is 17.1. The van der Waals surface area contributed by atoms with Gasteiger partial charge in [0.1, 0.15) is 18.5 Å². The Bertz CT molecular complexity index is 1040. The molecule has 0 fully saturated rings. The van der Waals surface area contributed by atoms with Gasteiger partial charge in [0, 0.05) is 6.54 Å². The Balaban J connectivity index is 1.65. The van der Waals surface area contributed by atoms with Crippen LogP contribution in [-0.4, -0.2) is 19.3 Å². The van der Waals surface area contributed by atoms with Crippen LogP contribution in [0.4, 0.5) is 0 Å². The number of rotatable bonds is 5. The summed E-state index contributed by atoms with van der Waals surface area (Å²) in [7, 11) is 0. The van der Waals surface area contributed by atoms with Crippen molar-refractivity contribution in [3.8, 4) is 0 Å². The fourth-order valence-corrected chi connectivity index (χ4v) is 2.69. The molecule has 2 aromatic heterocycles. The van der Waals surface area contributed by atoms with Gasteiger partial charge in [-0.2, -0.15) is 4.73 Å². The Morgan fingerprint density at radius 3 is 2.20 bits per heavy atom. The van der Waals surface area contributed by atoms with Crippen LogP contribution in [0.5, 0.6) is 0 Å². The Kier molecular flexibility index (Phi) is 4.00. The van der Waals surface area contributed by atoms with E-state index in [2.05, 4.69) is 9.97 Å². The van der Waals surface area contributed by atoms with E-state index in [0.717, 1.165) is 11.1 Å². The van der Waals surface area contributed by atoms with Crippen molar-refractivity contribution in [2.75, 3.05) is 0 Å². The van der Waals surface area contributed by atoms with Gasteiger partial charge in [-0.15, -0.1) is 0 Å². The molecule has 0 aliphatic rings. The van der Waals surface area contributed by atoms with E-state index in [1.165, 1.54) is 11.1 Å². The number of aromatic nitrogens is 4. The van der Waals surface area contributed by atoms with E-state index < -0.39 is 0 Å². The Labute approximate surface area is 144 Å². The Morgan fingerprint density at radius 2 is 1.48 bits per heavy atom. The van der Waals surface area contributed by atoms with E-state index in [-0.39, 0.29) is 5.49 Å². The number of nitrogens with one attached hydrogen (secondary N) is 1. The van der Waals surface area contributed by atoms with Gasteiger partial charge in [-0.1, -0.05) is 60.7 Å². The molecule has 0 saturated heterocycles. The fourth-order valence-electron chi connectivity index (χ4n) is 2.69. The molecule has 0 unspecified atom stereocenters. The molecule has 6 nitrogen and oxygen atoms in total. The van der Waals surface area contributed by atoms with Crippen molar-refractivity contribution in [1.29, 1.82) is 5.41 Å². The van der Waals surface area contributed by atoms with Crippen molar-refractivity contribution in [2.45, 2.75) is 13.2 Å². The van der Waals surface area contributed by atoms with Crippen LogP contribution >= 0.6 is 0 Å². The van der Waals surface area contributed by atoms with Crippen LogP contribution < -0.4 is 10.3 Å². The average Bonchev–Trinajstić information content (AvgIpc) is 3.06. The first-order valence-electron chi connectivity index (χ1n) is 7.99. The van der Waals surface area contributed by atoms with E-state index in [1.54, 1.807) is 6.33 Å². The topological polar surface area (TPSA) is 68.7 Å². The summed E-state index contributed by atoms with van der Waals surface area (Å²) in [5.74, 6) is 0. The maximum absolute atomic E-state index is 8.47. The average molecular weight is 331 g/mol. The first-order chi connectivity index (χ1) is 12.3. The fraction of sp³-hybridized carbons (Fsp3) is 0.105. The van der Waals surface area contributed by atoms with E-state index in [0.29, 0.717) is 24.3 Å². The van der Waals surface area contributed by atoms with Crippen molar-refractivity contribution in [2.24, 2.45) is 0 Å². The molecule has 0 radical (unpaired) electrons. The van der Waals surface area contributed by atoms with Gasteiger partial charge in [0.2, 0.25) is 0 Å². The number of benzene rings is 2. The minimum absolute atomic E-state index is 0.231. The largest absolute Gasteiger partial charge is 0.406 e. The number of hydrogen-bond donors (Lipinski definition) is 1. The summed E-state index contributed by atoms with van der Waals surface area (Å²) in [5.41, 5.74) is 3.60. The van der Waals surface area contributed by atoms with Gasteiger partial charge in [0.25, 0.3) is 0 Å². The molecule has 2 heterocycles. The maximum Gasteiger partial charge on any atom is 0.190 e. The van der Waals surface area contributed by atoms with Gasteiger partial charge in [-0.3, -0.25) is 5.41 Å². The number of nitrogens with zero attached hydrogens (tertiary/aromatic N) is 4. The number of hydrogen-bond acceptors (Lipinski definition) is 4. The zero-order valence-electron chi connectivity index (χ0n) is 13.5. The summed E-state index contributed by atoms with van der Waals surface area (Å²) in [6.45, 7) is 1.00. The van der Waals surface area contributed by atoms with Crippen molar-refractivity contribution in [3.05, 3.63) is 89.9 Å². The third kappa shape index (κ3) is 3.14. The molecule has 0 aliphatic carbocycles. The van der Waals surface area contributed by atoms with Gasteiger partial charge in [-0.05, 0) is 11.1 Å². The van der Waals surface area contributed by atoms with Crippen molar-refractivity contribution >= 4 is 11.2 Å². The van der Waals surface area contributed by atoms with Crippen LogP contribution in [0.3, 0.4) is 0 Å². The molecule has 2 aromatic carbocycles. The minimum atomic E-state index is 0.231. The van der Waals surface area contributed by atoms with Crippen LogP contribution in [0.1, 0.15) is 11.1 Å². The minimum Gasteiger partial charge on any atom is -0.406 e. The van der Waals surface area contributed by atoms with E-state index in [9.17, 15) is 0 Å². The summed E-state index contributed by atoms with van der Waals surface area (Å²) in [6.07, 6.45) is 3.21. The Hall–Kier alpha value is -3.41.